The summed E-state index contributed by atoms with van der Waals surface area (Å²) in [5, 5.41) is 11.3. The molecule has 1 aromatic rings. The van der Waals surface area contributed by atoms with Gasteiger partial charge in [0.25, 0.3) is 0 Å². The number of carbonyl (C=O) groups is 2. The summed E-state index contributed by atoms with van der Waals surface area (Å²) < 4.78 is 3.63. The molecule has 0 radical (unpaired) electrons. The van der Waals surface area contributed by atoms with E-state index < -0.39 is 22.5 Å². The highest BCUT2D eigenvalue weighted by Gasteiger charge is 2.22. The standard InChI is InChI=1S/C10H7Cl3INO4/c11-10(12,13)4-19-9(18)15-7-2-1-5(14)3-6(7)8(16)17/h1-3H,4H2,(H,15,18)(H,16,17). The highest BCUT2D eigenvalue weighted by atomic mass is 127. The number of carboxylic acid groups (broad SMARTS) is 1. The lowest BCUT2D eigenvalue weighted by molar-refractivity contribution is 0.0698. The molecule has 0 bridgehead atoms. The Kier molecular flexibility index (Phi) is 5.97. The van der Waals surface area contributed by atoms with E-state index in [-0.39, 0.29) is 11.3 Å². The number of amides is 1. The van der Waals surface area contributed by atoms with Crippen molar-refractivity contribution in [3.05, 3.63) is 27.3 Å². The molecule has 0 fully saturated rings. The van der Waals surface area contributed by atoms with Crippen molar-refractivity contribution in [1.82, 2.24) is 0 Å². The number of halogens is 4. The first-order valence-electron chi connectivity index (χ1n) is 4.72. The van der Waals surface area contributed by atoms with Gasteiger partial charge in [-0.2, -0.15) is 0 Å². The van der Waals surface area contributed by atoms with Gasteiger partial charge >= 0.3 is 12.1 Å². The van der Waals surface area contributed by atoms with Gasteiger partial charge < -0.3 is 9.84 Å². The third-order valence-corrected chi connectivity index (χ3v) is 2.81. The maximum atomic E-state index is 11.4. The van der Waals surface area contributed by atoms with Crippen LogP contribution >= 0.6 is 57.4 Å². The number of benzene rings is 1. The zero-order valence-corrected chi connectivity index (χ0v) is 13.5. The lowest BCUT2D eigenvalue weighted by atomic mass is 10.2. The van der Waals surface area contributed by atoms with Crippen LogP contribution in [0.1, 0.15) is 10.4 Å². The van der Waals surface area contributed by atoms with E-state index in [2.05, 4.69) is 10.1 Å². The number of anilines is 1. The van der Waals surface area contributed by atoms with Crippen LogP contribution in [0.2, 0.25) is 0 Å². The molecule has 0 unspecified atom stereocenters. The summed E-state index contributed by atoms with van der Waals surface area (Å²) >= 11 is 18.2. The van der Waals surface area contributed by atoms with Crippen LogP contribution in [0.5, 0.6) is 0 Å². The van der Waals surface area contributed by atoms with Crippen molar-refractivity contribution < 1.29 is 19.4 Å². The smallest absolute Gasteiger partial charge is 0.411 e. The first kappa shape index (κ1) is 16.6. The van der Waals surface area contributed by atoms with Crippen molar-refractivity contribution in [2.45, 2.75) is 3.79 Å². The average Bonchev–Trinajstić information content (AvgIpc) is 2.28. The third kappa shape index (κ3) is 6.03. The molecule has 104 valence electrons. The van der Waals surface area contributed by atoms with Crippen molar-refractivity contribution in [1.29, 1.82) is 0 Å². The van der Waals surface area contributed by atoms with Gasteiger partial charge in [0, 0.05) is 3.57 Å². The quantitative estimate of drug-likeness (QED) is 0.554. The fourth-order valence-corrected chi connectivity index (χ4v) is 1.75. The maximum absolute atomic E-state index is 11.4. The number of nitrogens with one attached hydrogen (secondary N) is 1. The second-order valence-corrected chi connectivity index (χ2v) is 7.07. The van der Waals surface area contributed by atoms with Gasteiger partial charge in [0.1, 0.15) is 6.61 Å². The Morgan fingerprint density at radius 2 is 2.00 bits per heavy atom. The molecule has 5 nitrogen and oxygen atoms in total. The number of carboxylic acids is 1. The van der Waals surface area contributed by atoms with Crippen LogP contribution in [0.4, 0.5) is 10.5 Å². The van der Waals surface area contributed by atoms with Gasteiger partial charge in [0.2, 0.25) is 3.79 Å². The number of rotatable bonds is 3. The molecule has 0 aliphatic rings. The molecule has 0 aromatic heterocycles. The molecule has 0 atom stereocenters. The Hall–Kier alpha value is -0.440. The van der Waals surface area contributed by atoms with E-state index in [9.17, 15) is 9.59 Å². The molecule has 0 aliphatic carbocycles. The van der Waals surface area contributed by atoms with Crippen LogP contribution in [-0.2, 0) is 4.74 Å². The first-order chi connectivity index (χ1) is 8.69. The van der Waals surface area contributed by atoms with Gasteiger partial charge in [-0.15, -0.1) is 0 Å². The molecule has 2 N–H and O–H groups in total. The van der Waals surface area contributed by atoms with Gasteiger partial charge in [0.05, 0.1) is 11.3 Å². The fraction of sp³-hybridized carbons (Fsp3) is 0.200. The van der Waals surface area contributed by atoms with Crippen molar-refractivity contribution in [3.63, 3.8) is 0 Å². The van der Waals surface area contributed by atoms with E-state index in [0.717, 1.165) is 3.57 Å². The van der Waals surface area contributed by atoms with Gasteiger partial charge in [0.15, 0.2) is 0 Å². The van der Waals surface area contributed by atoms with Gasteiger partial charge in [-0.3, -0.25) is 5.32 Å². The van der Waals surface area contributed by atoms with Crippen molar-refractivity contribution in [2.75, 3.05) is 11.9 Å². The minimum absolute atomic E-state index is 0.0577. The molecule has 1 amide bonds. The molecule has 0 saturated heterocycles. The number of carbonyl (C=O) groups excluding carboxylic acids is 1. The summed E-state index contributed by atoms with van der Waals surface area (Å²) in [4.78, 5) is 22.4. The van der Waals surface area contributed by atoms with Crippen LogP contribution in [-0.4, -0.2) is 27.6 Å². The summed E-state index contributed by atoms with van der Waals surface area (Å²) in [5.74, 6) is -1.17. The first-order valence-corrected chi connectivity index (χ1v) is 6.93. The molecular weight excluding hydrogens is 431 g/mol. The predicted octanol–water partition coefficient (Wildman–Crippen LogP) is 3.91. The monoisotopic (exact) mass is 437 g/mol. The minimum Gasteiger partial charge on any atom is -0.478 e. The third-order valence-electron chi connectivity index (χ3n) is 1.82. The molecule has 0 saturated carbocycles. The molecule has 9 heteroatoms. The predicted molar refractivity (Wildman–Crippen MR) is 81.4 cm³/mol. The second-order valence-electron chi connectivity index (χ2n) is 3.31. The van der Waals surface area contributed by atoms with E-state index in [1.54, 1.807) is 6.07 Å². The molecule has 0 spiro atoms. The Morgan fingerprint density at radius 3 is 2.53 bits per heavy atom. The minimum atomic E-state index is -1.72. The summed E-state index contributed by atoms with van der Waals surface area (Å²) in [6.45, 7) is -0.448. The number of alkyl halides is 3. The highest BCUT2D eigenvalue weighted by molar-refractivity contribution is 14.1. The number of aromatic carboxylic acids is 1. The van der Waals surface area contributed by atoms with Crippen LogP contribution in [0.3, 0.4) is 0 Å². The van der Waals surface area contributed by atoms with E-state index in [4.69, 9.17) is 39.9 Å². The number of hydrogen-bond acceptors (Lipinski definition) is 3. The summed E-state index contributed by atoms with van der Waals surface area (Å²) in [6.07, 6.45) is -0.907. The van der Waals surface area contributed by atoms with E-state index in [1.807, 2.05) is 22.6 Å². The summed E-state index contributed by atoms with van der Waals surface area (Å²) in [7, 11) is 0. The van der Waals surface area contributed by atoms with Crippen LogP contribution in [0.25, 0.3) is 0 Å². The highest BCUT2D eigenvalue weighted by Crippen LogP contribution is 2.26. The lowest BCUT2D eigenvalue weighted by Gasteiger charge is -2.13. The van der Waals surface area contributed by atoms with Crippen LogP contribution in [0.15, 0.2) is 18.2 Å². The summed E-state index contributed by atoms with van der Waals surface area (Å²) in [5.41, 5.74) is 0.0416. The Bertz CT molecular complexity index is 504. The zero-order valence-electron chi connectivity index (χ0n) is 9.12. The van der Waals surface area contributed by atoms with Crippen LogP contribution in [0, 0.1) is 3.57 Å². The topological polar surface area (TPSA) is 75.6 Å². The maximum Gasteiger partial charge on any atom is 0.411 e. The van der Waals surface area contributed by atoms with Crippen LogP contribution < -0.4 is 5.32 Å². The normalized spacial score (nSPS) is 10.9. The molecule has 19 heavy (non-hydrogen) atoms. The molecular formula is C10H7Cl3INO4. The second kappa shape index (κ2) is 6.83. The zero-order chi connectivity index (χ0) is 14.6. The van der Waals surface area contributed by atoms with E-state index >= 15 is 0 Å². The SMILES string of the molecule is O=C(Nc1ccc(I)cc1C(=O)O)OCC(Cl)(Cl)Cl. The molecule has 0 heterocycles. The van der Waals surface area contributed by atoms with Crippen molar-refractivity contribution in [2.24, 2.45) is 0 Å². The van der Waals surface area contributed by atoms with Gasteiger partial charge in [-0.25, -0.2) is 9.59 Å². The number of ether oxygens (including phenoxy) is 1. The summed E-state index contributed by atoms with van der Waals surface area (Å²) in [6, 6.07) is 4.49. The van der Waals surface area contributed by atoms with Gasteiger partial charge in [-0.05, 0) is 40.8 Å². The average molecular weight is 438 g/mol. The Labute approximate surface area is 137 Å². The lowest BCUT2D eigenvalue weighted by Crippen LogP contribution is -2.22. The Balaban J connectivity index is 2.77. The Morgan fingerprint density at radius 1 is 1.37 bits per heavy atom. The number of hydrogen-bond donors (Lipinski definition) is 2. The molecule has 1 rings (SSSR count). The van der Waals surface area contributed by atoms with Gasteiger partial charge in [-0.1, -0.05) is 34.8 Å². The van der Waals surface area contributed by atoms with E-state index in [1.165, 1.54) is 12.1 Å². The fourth-order valence-electron chi connectivity index (χ4n) is 1.10. The molecule has 0 aliphatic heterocycles. The van der Waals surface area contributed by atoms with Crippen molar-refractivity contribution >= 4 is 75.1 Å². The largest absolute Gasteiger partial charge is 0.478 e. The molecule has 1 aromatic carbocycles. The van der Waals surface area contributed by atoms with Crippen molar-refractivity contribution in [3.8, 4) is 0 Å². The van der Waals surface area contributed by atoms with E-state index in [0.29, 0.717) is 0 Å².